The molecule has 0 bridgehead atoms. The van der Waals surface area contributed by atoms with Crippen molar-refractivity contribution >= 4 is 22.7 Å². The van der Waals surface area contributed by atoms with Crippen LogP contribution in [0.4, 0.5) is 5.00 Å². The van der Waals surface area contributed by atoms with E-state index in [2.05, 4.69) is 11.1 Å². The molecular formula is C15H15N3OS. The van der Waals surface area contributed by atoms with Gasteiger partial charge >= 0.3 is 0 Å². The third kappa shape index (κ3) is 2.98. The van der Waals surface area contributed by atoms with Gasteiger partial charge in [0, 0.05) is 25.0 Å². The summed E-state index contributed by atoms with van der Waals surface area (Å²) < 4.78 is 5.22. The summed E-state index contributed by atoms with van der Waals surface area (Å²) in [5.41, 5.74) is 2.45. The molecule has 4 nitrogen and oxygen atoms in total. The van der Waals surface area contributed by atoms with Gasteiger partial charge in [-0.15, -0.1) is 11.3 Å². The van der Waals surface area contributed by atoms with Crippen LogP contribution >= 0.6 is 11.3 Å². The highest BCUT2D eigenvalue weighted by Gasteiger charge is 2.12. The van der Waals surface area contributed by atoms with E-state index in [-0.39, 0.29) is 0 Å². The normalized spacial score (nSPS) is 10.5. The van der Waals surface area contributed by atoms with Gasteiger partial charge in [0.1, 0.15) is 16.8 Å². The van der Waals surface area contributed by atoms with Crippen molar-refractivity contribution in [1.29, 1.82) is 5.26 Å². The molecule has 0 aliphatic carbocycles. The van der Waals surface area contributed by atoms with Crippen molar-refractivity contribution in [3.05, 3.63) is 35.2 Å². The van der Waals surface area contributed by atoms with Crippen LogP contribution in [0.5, 0.6) is 5.75 Å². The molecule has 0 N–H and O–H groups in total. The zero-order valence-electron chi connectivity index (χ0n) is 11.6. The molecule has 0 amide bonds. The van der Waals surface area contributed by atoms with Crippen LogP contribution in [-0.4, -0.2) is 32.4 Å². The lowest BCUT2D eigenvalue weighted by atomic mass is 10.0. The molecule has 0 atom stereocenters. The molecule has 5 heteroatoms. The Morgan fingerprint density at radius 2 is 2.20 bits per heavy atom. The van der Waals surface area contributed by atoms with E-state index in [0.717, 1.165) is 21.9 Å². The quantitative estimate of drug-likeness (QED) is 0.638. The molecule has 0 fully saturated rings. The average molecular weight is 285 g/mol. The number of hydrogen-bond donors (Lipinski definition) is 0. The monoisotopic (exact) mass is 285 g/mol. The topological polar surface area (TPSA) is 48.6 Å². The van der Waals surface area contributed by atoms with Crippen LogP contribution in [0.3, 0.4) is 0 Å². The molecule has 0 saturated heterocycles. The van der Waals surface area contributed by atoms with Gasteiger partial charge in [-0.25, -0.2) is 4.99 Å². The van der Waals surface area contributed by atoms with Crippen LogP contribution in [0.15, 0.2) is 34.6 Å². The number of nitrogens with zero attached hydrogens (tertiary/aromatic N) is 3. The van der Waals surface area contributed by atoms with Gasteiger partial charge in [0.15, 0.2) is 0 Å². The van der Waals surface area contributed by atoms with Crippen molar-refractivity contribution in [2.45, 2.75) is 0 Å². The van der Waals surface area contributed by atoms with Crippen LogP contribution < -0.4 is 4.74 Å². The second kappa shape index (κ2) is 6.22. The lowest BCUT2D eigenvalue weighted by molar-refractivity contribution is 0.415. The maximum Gasteiger partial charge on any atom is 0.136 e. The van der Waals surface area contributed by atoms with Gasteiger partial charge in [0.25, 0.3) is 0 Å². The van der Waals surface area contributed by atoms with Crippen LogP contribution in [0.2, 0.25) is 0 Å². The average Bonchev–Trinajstić information content (AvgIpc) is 2.88. The predicted octanol–water partition coefficient (Wildman–Crippen LogP) is 3.52. The highest BCUT2D eigenvalue weighted by Crippen LogP contribution is 2.37. The van der Waals surface area contributed by atoms with Crippen LogP contribution in [-0.2, 0) is 0 Å². The molecule has 0 radical (unpaired) electrons. The Labute approximate surface area is 122 Å². The summed E-state index contributed by atoms with van der Waals surface area (Å²) in [7, 11) is 5.42. The zero-order chi connectivity index (χ0) is 14.5. The first-order chi connectivity index (χ1) is 9.65. The molecule has 0 unspecified atom stereocenters. The summed E-state index contributed by atoms with van der Waals surface area (Å²) in [5.74, 6) is 0.774. The first-order valence-corrected chi connectivity index (χ1v) is 6.90. The van der Waals surface area contributed by atoms with E-state index in [9.17, 15) is 5.26 Å². The Morgan fingerprint density at radius 1 is 1.40 bits per heavy atom. The SMILES string of the molecule is COc1cccc(-c2csc(N=CN(C)C)c2C#N)c1. The van der Waals surface area contributed by atoms with E-state index in [1.54, 1.807) is 13.4 Å². The van der Waals surface area contributed by atoms with E-state index < -0.39 is 0 Å². The summed E-state index contributed by atoms with van der Waals surface area (Å²) in [6.45, 7) is 0. The van der Waals surface area contributed by atoms with Gasteiger partial charge in [0.05, 0.1) is 19.0 Å². The molecule has 0 aliphatic rings. The maximum absolute atomic E-state index is 9.38. The van der Waals surface area contributed by atoms with Gasteiger partial charge in [-0.05, 0) is 17.7 Å². The van der Waals surface area contributed by atoms with Crippen molar-refractivity contribution in [2.75, 3.05) is 21.2 Å². The van der Waals surface area contributed by atoms with Crippen LogP contribution in [0.25, 0.3) is 11.1 Å². The molecule has 1 aromatic heterocycles. The molecule has 102 valence electrons. The van der Waals surface area contributed by atoms with Crippen molar-refractivity contribution in [3.63, 3.8) is 0 Å². The highest BCUT2D eigenvalue weighted by molar-refractivity contribution is 7.14. The van der Waals surface area contributed by atoms with Crippen molar-refractivity contribution in [1.82, 2.24) is 4.90 Å². The summed E-state index contributed by atoms with van der Waals surface area (Å²) in [6.07, 6.45) is 1.70. The highest BCUT2D eigenvalue weighted by atomic mass is 32.1. The minimum Gasteiger partial charge on any atom is -0.497 e. The molecule has 0 aliphatic heterocycles. The Hall–Kier alpha value is -2.32. The molecule has 1 aromatic carbocycles. The Balaban J connectivity index is 2.45. The van der Waals surface area contributed by atoms with Gasteiger partial charge < -0.3 is 9.64 Å². The third-order valence-corrected chi connectivity index (χ3v) is 3.56. The summed E-state index contributed by atoms with van der Waals surface area (Å²) in [4.78, 5) is 6.17. The third-order valence-electron chi connectivity index (χ3n) is 2.67. The number of rotatable bonds is 4. The molecule has 0 spiro atoms. The number of benzene rings is 1. The number of thiophene rings is 1. The number of aliphatic imine (C=N–C) groups is 1. The number of nitriles is 1. The van der Waals surface area contributed by atoms with Crippen LogP contribution in [0, 0.1) is 11.3 Å². The zero-order valence-corrected chi connectivity index (χ0v) is 12.4. The van der Waals surface area contributed by atoms with Crippen molar-refractivity contribution < 1.29 is 4.74 Å². The van der Waals surface area contributed by atoms with Gasteiger partial charge in [0.2, 0.25) is 0 Å². The summed E-state index contributed by atoms with van der Waals surface area (Å²) >= 11 is 1.46. The van der Waals surface area contributed by atoms with Crippen molar-refractivity contribution in [3.8, 4) is 22.9 Å². The summed E-state index contributed by atoms with van der Waals surface area (Å²) in [6, 6.07) is 9.92. The fourth-order valence-electron chi connectivity index (χ4n) is 1.72. The van der Waals surface area contributed by atoms with Crippen molar-refractivity contribution in [2.24, 2.45) is 4.99 Å². The lowest BCUT2D eigenvalue weighted by Gasteiger charge is -2.04. The maximum atomic E-state index is 9.38. The fraction of sp³-hybridized carbons (Fsp3) is 0.200. The van der Waals surface area contributed by atoms with E-state index in [1.165, 1.54) is 11.3 Å². The smallest absolute Gasteiger partial charge is 0.136 e. The van der Waals surface area contributed by atoms with E-state index >= 15 is 0 Å². The van der Waals surface area contributed by atoms with Gasteiger partial charge in [-0.1, -0.05) is 12.1 Å². The van der Waals surface area contributed by atoms with Gasteiger partial charge in [-0.3, -0.25) is 0 Å². The predicted molar refractivity (Wildman–Crippen MR) is 82.9 cm³/mol. The second-order valence-corrected chi connectivity index (χ2v) is 5.24. The number of methoxy groups -OCH3 is 1. The van der Waals surface area contributed by atoms with E-state index in [0.29, 0.717) is 5.56 Å². The second-order valence-electron chi connectivity index (χ2n) is 4.38. The molecule has 2 aromatic rings. The largest absolute Gasteiger partial charge is 0.497 e. The van der Waals surface area contributed by atoms with E-state index in [4.69, 9.17) is 4.74 Å². The Morgan fingerprint density at radius 3 is 2.85 bits per heavy atom. The Bertz CT molecular complexity index is 668. The molecule has 0 saturated carbocycles. The fourth-order valence-corrected chi connectivity index (χ4v) is 2.59. The molecule has 1 heterocycles. The van der Waals surface area contributed by atoms with E-state index in [1.807, 2.05) is 48.6 Å². The minimum absolute atomic E-state index is 0.598. The number of hydrogen-bond acceptors (Lipinski definition) is 4. The van der Waals surface area contributed by atoms with Gasteiger partial charge in [-0.2, -0.15) is 5.26 Å². The lowest BCUT2D eigenvalue weighted by Crippen LogP contribution is -2.06. The minimum atomic E-state index is 0.598. The first kappa shape index (κ1) is 14.1. The Kier molecular flexibility index (Phi) is 4.38. The molecular weight excluding hydrogens is 270 g/mol. The molecule has 2 rings (SSSR count). The number of ether oxygens (including phenoxy) is 1. The standard InChI is InChI=1S/C15H15N3OS/c1-18(2)10-17-15-13(8-16)14(9-20-15)11-5-4-6-12(7-11)19-3/h4-7,9-10H,1-3H3. The first-order valence-electron chi connectivity index (χ1n) is 6.02. The summed E-state index contributed by atoms with van der Waals surface area (Å²) in [5, 5.41) is 12.1. The molecule has 20 heavy (non-hydrogen) atoms. The van der Waals surface area contributed by atoms with Crippen LogP contribution in [0.1, 0.15) is 5.56 Å².